The van der Waals surface area contributed by atoms with Gasteiger partial charge in [0.1, 0.15) is 0 Å². The average molecular weight is 333 g/mol. The second-order valence-electron chi connectivity index (χ2n) is 5.47. The van der Waals surface area contributed by atoms with Gasteiger partial charge in [0, 0.05) is 16.8 Å². The third-order valence-corrected chi connectivity index (χ3v) is 4.97. The van der Waals surface area contributed by atoms with Crippen LogP contribution in [0.1, 0.15) is 16.1 Å². The normalized spacial score (nSPS) is 10.8. The zero-order chi connectivity index (χ0) is 16.4. The lowest BCUT2D eigenvalue weighted by molar-refractivity contribution is 0.0924. The van der Waals surface area contributed by atoms with Gasteiger partial charge in [-0.15, -0.1) is 11.3 Å². The van der Waals surface area contributed by atoms with Crippen LogP contribution >= 0.6 is 11.3 Å². The molecule has 2 aromatic carbocycles. The summed E-state index contributed by atoms with van der Waals surface area (Å²) in [6.07, 6.45) is 1.55. The van der Waals surface area contributed by atoms with E-state index in [1.807, 2.05) is 48.5 Å². The van der Waals surface area contributed by atoms with Gasteiger partial charge in [-0.05, 0) is 34.0 Å². The Morgan fingerprint density at radius 1 is 1.00 bits per heavy atom. The number of thiophene rings is 1. The van der Waals surface area contributed by atoms with E-state index in [0.29, 0.717) is 12.3 Å². The molecule has 0 saturated carbocycles. The number of benzene rings is 2. The van der Waals surface area contributed by atoms with Crippen molar-refractivity contribution in [2.24, 2.45) is 0 Å². The number of carbonyl (C=O) groups is 1. The maximum absolute atomic E-state index is 12.5. The summed E-state index contributed by atoms with van der Waals surface area (Å²) < 4.78 is 6.66. The Morgan fingerprint density at radius 3 is 2.67 bits per heavy atom. The molecule has 1 amide bonds. The topological polar surface area (TPSA) is 42.2 Å². The summed E-state index contributed by atoms with van der Waals surface area (Å²) >= 11 is 1.69. The van der Waals surface area contributed by atoms with Crippen molar-refractivity contribution in [3.63, 3.8) is 0 Å². The van der Waals surface area contributed by atoms with E-state index < -0.39 is 0 Å². The summed E-state index contributed by atoms with van der Waals surface area (Å²) in [6, 6.07) is 19.8. The van der Waals surface area contributed by atoms with Gasteiger partial charge in [0.2, 0.25) is 0 Å². The number of fused-ring (bicyclic) bond motifs is 1. The maximum Gasteiger partial charge on any atom is 0.287 e. The van der Waals surface area contributed by atoms with E-state index in [0.717, 1.165) is 16.7 Å². The van der Waals surface area contributed by atoms with Gasteiger partial charge in [0.25, 0.3) is 5.91 Å². The van der Waals surface area contributed by atoms with Crippen molar-refractivity contribution in [1.82, 2.24) is 5.32 Å². The minimum Gasteiger partial charge on any atom is -0.459 e. The first-order chi connectivity index (χ1) is 11.8. The molecule has 0 saturated heterocycles. The highest BCUT2D eigenvalue weighted by atomic mass is 32.1. The molecule has 0 aliphatic heterocycles. The molecule has 3 nitrogen and oxygen atoms in total. The number of rotatable bonds is 4. The fourth-order valence-electron chi connectivity index (χ4n) is 2.76. The van der Waals surface area contributed by atoms with Crippen molar-refractivity contribution in [3.8, 4) is 11.1 Å². The first-order valence-electron chi connectivity index (χ1n) is 7.69. The lowest BCUT2D eigenvalue weighted by atomic mass is 10.1. The molecule has 0 unspecified atom stereocenters. The molecule has 4 heteroatoms. The van der Waals surface area contributed by atoms with E-state index in [9.17, 15) is 4.79 Å². The summed E-state index contributed by atoms with van der Waals surface area (Å²) in [5, 5.41) is 6.24. The third kappa shape index (κ3) is 2.72. The fourth-order valence-corrected chi connectivity index (χ4v) is 3.72. The van der Waals surface area contributed by atoms with Crippen molar-refractivity contribution in [1.29, 1.82) is 0 Å². The van der Waals surface area contributed by atoms with Crippen LogP contribution in [0, 0.1) is 0 Å². The molecule has 1 N–H and O–H groups in total. The Morgan fingerprint density at radius 2 is 1.79 bits per heavy atom. The van der Waals surface area contributed by atoms with E-state index >= 15 is 0 Å². The predicted octanol–water partition coefficient (Wildman–Crippen LogP) is 5.09. The SMILES string of the molecule is O=C(NCc1csc2ccccc12)c1occc1-c1ccccc1. The van der Waals surface area contributed by atoms with Gasteiger partial charge >= 0.3 is 0 Å². The standard InChI is InChI=1S/C20H15NO2S/c22-20(19-17(10-11-23-19)14-6-2-1-3-7-14)21-12-15-13-24-18-9-5-4-8-16(15)18/h1-11,13H,12H2,(H,21,22). The van der Waals surface area contributed by atoms with Crippen LogP contribution in [0.15, 0.2) is 76.7 Å². The van der Waals surface area contributed by atoms with Crippen LogP contribution in [-0.2, 0) is 6.54 Å². The fraction of sp³-hybridized carbons (Fsp3) is 0.0500. The molecule has 2 heterocycles. The average Bonchev–Trinajstić information content (AvgIpc) is 3.28. The molecular formula is C20H15NO2S. The van der Waals surface area contributed by atoms with Gasteiger partial charge in [-0.3, -0.25) is 4.79 Å². The molecule has 0 aliphatic rings. The monoisotopic (exact) mass is 333 g/mol. The minimum atomic E-state index is -0.200. The van der Waals surface area contributed by atoms with Crippen LogP contribution in [0.3, 0.4) is 0 Å². The van der Waals surface area contributed by atoms with Crippen molar-refractivity contribution < 1.29 is 9.21 Å². The molecular weight excluding hydrogens is 318 g/mol. The minimum absolute atomic E-state index is 0.200. The summed E-state index contributed by atoms with van der Waals surface area (Å²) in [6.45, 7) is 0.484. The molecule has 0 bridgehead atoms. The first kappa shape index (κ1) is 14.7. The Hall–Kier alpha value is -2.85. The van der Waals surface area contributed by atoms with Gasteiger partial charge in [0.15, 0.2) is 5.76 Å². The van der Waals surface area contributed by atoms with E-state index in [-0.39, 0.29) is 5.91 Å². The quantitative estimate of drug-likeness (QED) is 0.565. The van der Waals surface area contributed by atoms with Gasteiger partial charge < -0.3 is 9.73 Å². The van der Waals surface area contributed by atoms with Gasteiger partial charge in [-0.1, -0.05) is 48.5 Å². The Bertz CT molecular complexity index is 985. The Labute approximate surface area is 143 Å². The molecule has 0 aliphatic carbocycles. The number of hydrogen-bond acceptors (Lipinski definition) is 3. The van der Waals surface area contributed by atoms with Crippen LogP contribution in [0.4, 0.5) is 0 Å². The van der Waals surface area contributed by atoms with Gasteiger partial charge in [0.05, 0.1) is 6.26 Å². The molecule has 0 atom stereocenters. The number of hydrogen-bond donors (Lipinski definition) is 1. The van der Waals surface area contributed by atoms with Crippen LogP contribution < -0.4 is 5.32 Å². The highest BCUT2D eigenvalue weighted by molar-refractivity contribution is 7.17. The van der Waals surface area contributed by atoms with E-state index in [2.05, 4.69) is 22.8 Å². The zero-order valence-electron chi connectivity index (χ0n) is 12.9. The first-order valence-corrected chi connectivity index (χ1v) is 8.57. The van der Waals surface area contributed by atoms with Crippen LogP contribution in [0.25, 0.3) is 21.2 Å². The molecule has 0 spiro atoms. The number of carbonyl (C=O) groups excluding carboxylic acids is 1. The number of furan rings is 1. The highest BCUT2D eigenvalue weighted by Crippen LogP contribution is 2.27. The molecule has 118 valence electrons. The molecule has 4 aromatic rings. The summed E-state index contributed by atoms with van der Waals surface area (Å²) in [5.41, 5.74) is 2.90. The second kappa shape index (κ2) is 6.34. The van der Waals surface area contributed by atoms with Crippen molar-refractivity contribution in [2.45, 2.75) is 6.54 Å². The molecule has 0 radical (unpaired) electrons. The summed E-state index contributed by atoms with van der Waals surface area (Å²) in [4.78, 5) is 12.5. The van der Waals surface area contributed by atoms with Gasteiger partial charge in [-0.25, -0.2) is 0 Å². The molecule has 4 rings (SSSR count). The van der Waals surface area contributed by atoms with Crippen LogP contribution in [0.5, 0.6) is 0 Å². The lowest BCUT2D eigenvalue weighted by Crippen LogP contribution is -2.22. The maximum atomic E-state index is 12.5. The molecule has 2 aromatic heterocycles. The smallest absolute Gasteiger partial charge is 0.287 e. The summed E-state index contributed by atoms with van der Waals surface area (Å²) in [7, 11) is 0. The van der Waals surface area contributed by atoms with Crippen LogP contribution in [0.2, 0.25) is 0 Å². The Kier molecular flexibility index (Phi) is 3.89. The van der Waals surface area contributed by atoms with E-state index in [1.165, 1.54) is 10.1 Å². The number of amides is 1. The van der Waals surface area contributed by atoms with Crippen LogP contribution in [-0.4, -0.2) is 5.91 Å². The van der Waals surface area contributed by atoms with Gasteiger partial charge in [-0.2, -0.15) is 0 Å². The number of nitrogens with one attached hydrogen (secondary N) is 1. The van der Waals surface area contributed by atoms with E-state index in [4.69, 9.17) is 4.42 Å². The molecule has 24 heavy (non-hydrogen) atoms. The summed E-state index contributed by atoms with van der Waals surface area (Å²) in [5.74, 6) is 0.148. The van der Waals surface area contributed by atoms with Crippen molar-refractivity contribution in [3.05, 3.63) is 83.6 Å². The largest absolute Gasteiger partial charge is 0.459 e. The lowest BCUT2D eigenvalue weighted by Gasteiger charge is -2.05. The Balaban J connectivity index is 1.54. The highest BCUT2D eigenvalue weighted by Gasteiger charge is 2.16. The third-order valence-electron chi connectivity index (χ3n) is 3.96. The van der Waals surface area contributed by atoms with E-state index in [1.54, 1.807) is 17.6 Å². The molecule has 0 fully saturated rings. The zero-order valence-corrected chi connectivity index (χ0v) is 13.7. The van der Waals surface area contributed by atoms with Crippen molar-refractivity contribution >= 4 is 27.3 Å². The predicted molar refractivity (Wildman–Crippen MR) is 97.1 cm³/mol. The second-order valence-corrected chi connectivity index (χ2v) is 6.38. The van der Waals surface area contributed by atoms with Crippen molar-refractivity contribution in [2.75, 3.05) is 0 Å².